The van der Waals surface area contributed by atoms with Gasteiger partial charge in [0.2, 0.25) is 5.91 Å². The largest absolute Gasteiger partial charge is 0.376 e. The predicted molar refractivity (Wildman–Crippen MR) is 97.7 cm³/mol. The van der Waals surface area contributed by atoms with Crippen LogP contribution in [-0.2, 0) is 9.53 Å². The molecule has 0 aromatic rings. The lowest BCUT2D eigenvalue weighted by atomic mass is 9.80. The number of nitrogens with two attached hydrogens (primary N) is 1. The molecular formula is C19H37N3O2. The van der Waals surface area contributed by atoms with Crippen molar-refractivity contribution in [2.24, 2.45) is 23.5 Å². The zero-order chi connectivity index (χ0) is 17.7. The van der Waals surface area contributed by atoms with Gasteiger partial charge in [0.1, 0.15) is 0 Å². The third-order valence-corrected chi connectivity index (χ3v) is 6.16. The number of piperidine rings is 1. The molecule has 2 rings (SSSR count). The maximum Gasteiger partial charge on any atom is 0.219 e. The van der Waals surface area contributed by atoms with Crippen LogP contribution in [0.4, 0.5) is 0 Å². The monoisotopic (exact) mass is 339 g/mol. The van der Waals surface area contributed by atoms with E-state index < -0.39 is 0 Å². The molecule has 2 aliphatic rings. The maximum absolute atomic E-state index is 12.0. The standard InChI is InChI=1S/C19H37N3O2/c1-13(2)15-5-7-17(8-6-15)24-12-18-19(20)16(11-21-4)9-10-22(18)14(3)23/h13,15-19,21H,5-12,20H2,1-4H3/t15?,16?,17?,18-,19-/m0/s1. The van der Waals surface area contributed by atoms with Gasteiger partial charge >= 0.3 is 0 Å². The Morgan fingerprint density at radius 1 is 1.25 bits per heavy atom. The molecule has 0 spiro atoms. The minimum atomic E-state index is -0.0119. The molecule has 0 aromatic heterocycles. The summed E-state index contributed by atoms with van der Waals surface area (Å²) in [5, 5.41) is 3.23. The molecule has 2 fully saturated rings. The van der Waals surface area contributed by atoms with Crippen molar-refractivity contribution < 1.29 is 9.53 Å². The third-order valence-electron chi connectivity index (χ3n) is 6.16. The fourth-order valence-corrected chi connectivity index (χ4v) is 4.43. The van der Waals surface area contributed by atoms with Crippen LogP contribution in [0.25, 0.3) is 0 Å². The topological polar surface area (TPSA) is 67.6 Å². The molecule has 140 valence electrons. The summed E-state index contributed by atoms with van der Waals surface area (Å²) in [4.78, 5) is 13.9. The molecule has 5 nitrogen and oxygen atoms in total. The molecule has 1 amide bonds. The number of carbonyl (C=O) groups excluding carboxylic acids is 1. The zero-order valence-corrected chi connectivity index (χ0v) is 16.0. The highest BCUT2D eigenvalue weighted by atomic mass is 16.5. The molecule has 1 unspecified atom stereocenters. The maximum atomic E-state index is 12.0. The third kappa shape index (κ3) is 4.93. The summed E-state index contributed by atoms with van der Waals surface area (Å²) in [5.41, 5.74) is 6.50. The smallest absolute Gasteiger partial charge is 0.219 e. The van der Waals surface area contributed by atoms with Crippen LogP contribution < -0.4 is 11.1 Å². The van der Waals surface area contributed by atoms with Crippen LogP contribution in [0.3, 0.4) is 0 Å². The number of amides is 1. The van der Waals surface area contributed by atoms with Gasteiger partial charge in [-0.3, -0.25) is 4.79 Å². The van der Waals surface area contributed by atoms with Crippen molar-refractivity contribution in [3.05, 3.63) is 0 Å². The van der Waals surface area contributed by atoms with Crippen LogP contribution in [0, 0.1) is 17.8 Å². The number of nitrogens with zero attached hydrogens (tertiary/aromatic N) is 1. The van der Waals surface area contributed by atoms with E-state index in [1.54, 1.807) is 6.92 Å². The van der Waals surface area contributed by atoms with Gasteiger partial charge in [-0.1, -0.05) is 13.8 Å². The number of hydrogen-bond donors (Lipinski definition) is 2. The average molecular weight is 340 g/mol. The molecular weight excluding hydrogens is 302 g/mol. The van der Waals surface area contributed by atoms with Crippen molar-refractivity contribution in [3.8, 4) is 0 Å². The Kier molecular flexibility index (Phi) is 7.51. The molecule has 5 heteroatoms. The minimum absolute atomic E-state index is 0.0115. The molecule has 1 aliphatic heterocycles. The molecule has 1 aliphatic carbocycles. The molecule has 0 radical (unpaired) electrons. The number of likely N-dealkylation sites (tertiary alicyclic amines) is 1. The summed E-state index contributed by atoms with van der Waals surface area (Å²) in [6.45, 7) is 8.56. The first-order valence-electron chi connectivity index (χ1n) is 9.73. The first-order chi connectivity index (χ1) is 11.4. The summed E-state index contributed by atoms with van der Waals surface area (Å²) < 4.78 is 6.23. The van der Waals surface area contributed by atoms with Crippen LogP contribution in [0.15, 0.2) is 0 Å². The summed E-state index contributed by atoms with van der Waals surface area (Å²) >= 11 is 0. The summed E-state index contributed by atoms with van der Waals surface area (Å²) in [7, 11) is 1.96. The van der Waals surface area contributed by atoms with Gasteiger partial charge in [-0.05, 0) is 63.5 Å². The second kappa shape index (κ2) is 9.16. The number of hydrogen-bond acceptors (Lipinski definition) is 4. The predicted octanol–water partition coefficient (Wildman–Crippen LogP) is 2.00. The molecule has 1 heterocycles. The Morgan fingerprint density at radius 3 is 2.46 bits per heavy atom. The second-order valence-electron chi connectivity index (χ2n) is 8.08. The highest BCUT2D eigenvalue weighted by Crippen LogP contribution is 2.32. The Labute approximate surface area is 147 Å². The fourth-order valence-electron chi connectivity index (χ4n) is 4.43. The second-order valence-corrected chi connectivity index (χ2v) is 8.08. The Hall–Kier alpha value is -0.650. The quantitative estimate of drug-likeness (QED) is 0.777. The Balaban J connectivity index is 1.88. The van der Waals surface area contributed by atoms with E-state index in [1.165, 1.54) is 12.8 Å². The van der Waals surface area contributed by atoms with Crippen molar-refractivity contribution in [1.29, 1.82) is 0 Å². The van der Waals surface area contributed by atoms with Crippen LogP contribution in [-0.4, -0.2) is 55.7 Å². The highest BCUT2D eigenvalue weighted by molar-refractivity contribution is 5.73. The van der Waals surface area contributed by atoms with Crippen molar-refractivity contribution in [1.82, 2.24) is 10.2 Å². The van der Waals surface area contributed by atoms with E-state index in [-0.39, 0.29) is 18.0 Å². The molecule has 3 atom stereocenters. The van der Waals surface area contributed by atoms with E-state index in [4.69, 9.17) is 10.5 Å². The van der Waals surface area contributed by atoms with Gasteiger partial charge in [0.15, 0.2) is 0 Å². The summed E-state index contributed by atoms with van der Waals surface area (Å²) in [6.07, 6.45) is 6.12. The van der Waals surface area contributed by atoms with E-state index in [0.29, 0.717) is 18.6 Å². The molecule has 3 N–H and O–H groups in total. The van der Waals surface area contributed by atoms with E-state index in [2.05, 4.69) is 19.2 Å². The van der Waals surface area contributed by atoms with Crippen molar-refractivity contribution in [2.75, 3.05) is 26.7 Å². The first-order valence-corrected chi connectivity index (χ1v) is 9.73. The minimum Gasteiger partial charge on any atom is -0.376 e. The van der Waals surface area contributed by atoms with Crippen LogP contribution in [0.1, 0.15) is 52.9 Å². The summed E-state index contributed by atoms with van der Waals surface area (Å²) in [5.74, 6) is 2.14. The molecule has 24 heavy (non-hydrogen) atoms. The molecule has 1 saturated heterocycles. The van der Waals surface area contributed by atoms with Gasteiger partial charge < -0.3 is 20.7 Å². The van der Waals surface area contributed by atoms with Gasteiger partial charge in [0, 0.05) is 19.5 Å². The summed E-state index contributed by atoms with van der Waals surface area (Å²) in [6, 6.07) is -0.000440. The molecule has 0 bridgehead atoms. The van der Waals surface area contributed by atoms with Gasteiger partial charge in [-0.2, -0.15) is 0 Å². The van der Waals surface area contributed by atoms with Gasteiger partial charge in [0.05, 0.1) is 18.8 Å². The normalized spacial score (nSPS) is 34.6. The van der Waals surface area contributed by atoms with E-state index in [1.807, 2.05) is 11.9 Å². The van der Waals surface area contributed by atoms with E-state index in [0.717, 1.165) is 44.2 Å². The lowest BCUT2D eigenvalue weighted by Crippen LogP contribution is -2.61. The average Bonchev–Trinajstić information content (AvgIpc) is 2.55. The first kappa shape index (κ1) is 19.7. The van der Waals surface area contributed by atoms with Crippen molar-refractivity contribution in [2.45, 2.75) is 71.1 Å². The number of carbonyl (C=O) groups is 1. The van der Waals surface area contributed by atoms with Crippen LogP contribution >= 0.6 is 0 Å². The fraction of sp³-hybridized carbons (Fsp3) is 0.947. The highest BCUT2D eigenvalue weighted by Gasteiger charge is 2.37. The number of nitrogens with one attached hydrogen (secondary N) is 1. The lowest BCUT2D eigenvalue weighted by molar-refractivity contribution is -0.137. The Morgan fingerprint density at radius 2 is 1.92 bits per heavy atom. The van der Waals surface area contributed by atoms with Crippen LogP contribution in [0.2, 0.25) is 0 Å². The van der Waals surface area contributed by atoms with E-state index in [9.17, 15) is 4.79 Å². The van der Waals surface area contributed by atoms with Crippen molar-refractivity contribution >= 4 is 5.91 Å². The van der Waals surface area contributed by atoms with Gasteiger partial charge in [-0.25, -0.2) is 0 Å². The number of ether oxygens (including phenoxy) is 1. The van der Waals surface area contributed by atoms with Gasteiger partial charge in [0.25, 0.3) is 0 Å². The zero-order valence-electron chi connectivity index (χ0n) is 16.0. The molecule has 0 aromatic carbocycles. The number of rotatable bonds is 6. The molecule has 1 saturated carbocycles. The van der Waals surface area contributed by atoms with Crippen molar-refractivity contribution in [3.63, 3.8) is 0 Å². The van der Waals surface area contributed by atoms with E-state index >= 15 is 0 Å². The van der Waals surface area contributed by atoms with Crippen LogP contribution in [0.5, 0.6) is 0 Å². The lowest BCUT2D eigenvalue weighted by Gasteiger charge is -2.44. The SMILES string of the molecule is CNCC1CCN(C(C)=O)[C@@H](COC2CCC(C(C)C)CC2)[C@H]1N. The Bertz CT molecular complexity index is 394. The van der Waals surface area contributed by atoms with Gasteiger partial charge in [-0.15, -0.1) is 0 Å².